The number of benzene rings is 1. The van der Waals surface area contributed by atoms with Crippen LogP contribution < -0.4 is 10.2 Å². The molecule has 2 aromatic rings. The number of carbonyl (C=O) groups is 1. The summed E-state index contributed by atoms with van der Waals surface area (Å²) in [6.07, 6.45) is 1.42. The summed E-state index contributed by atoms with van der Waals surface area (Å²) in [5, 5.41) is 3.81. The molecular formula is C13H11BrN2O3. The quantitative estimate of drug-likeness (QED) is 0.695. The second-order valence-corrected chi connectivity index (χ2v) is 4.35. The fourth-order valence-corrected chi connectivity index (χ4v) is 1.70. The van der Waals surface area contributed by atoms with E-state index in [0.717, 1.165) is 0 Å². The third-order valence-electron chi connectivity index (χ3n) is 2.28. The molecule has 1 aromatic heterocycles. The number of methoxy groups -OCH3 is 1. The summed E-state index contributed by atoms with van der Waals surface area (Å²) in [5.74, 6) is 0.838. The summed E-state index contributed by atoms with van der Waals surface area (Å²) in [6.45, 7) is 0. The molecule has 0 spiro atoms. The van der Waals surface area contributed by atoms with Gasteiger partial charge in [-0.1, -0.05) is 6.07 Å². The molecule has 1 N–H and O–H groups in total. The van der Waals surface area contributed by atoms with Crippen LogP contribution in [0.1, 0.15) is 16.1 Å². The van der Waals surface area contributed by atoms with Crippen LogP contribution in [0, 0.1) is 0 Å². The minimum atomic E-state index is -0.319. The molecule has 0 aliphatic carbocycles. The molecule has 0 saturated carbocycles. The van der Waals surface area contributed by atoms with Crippen molar-refractivity contribution in [3.05, 3.63) is 52.4 Å². The first-order valence-corrected chi connectivity index (χ1v) is 6.21. The molecular weight excluding hydrogens is 312 g/mol. The van der Waals surface area contributed by atoms with Gasteiger partial charge in [-0.3, -0.25) is 4.79 Å². The molecule has 6 heteroatoms. The Labute approximate surface area is 118 Å². The molecule has 0 aliphatic rings. The van der Waals surface area contributed by atoms with Crippen molar-refractivity contribution in [3.63, 3.8) is 0 Å². The number of halogens is 1. The zero-order valence-electron chi connectivity index (χ0n) is 10.1. The van der Waals surface area contributed by atoms with E-state index in [2.05, 4.69) is 26.5 Å². The third-order valence-corrected chi connectivity index (χ3v) is 2.71. The summed E-state index contributed by atoms with van der Waals surface area (Å²) in [5.41, 5.74) is 2.88. The van der Waals surface area contributed by atoms with Gasteiger partial charge in [0.2, 0.25) is 0 Å². The molecule has 5 nitrogen and oxygen atoms in total. The summed E-state index contributed by atoms with van der Waals surface area (Å²) >= 11 is 3.18. The molecule has 19 heavy (non-hydrogen) atoms. The highest BCUT2D eigenvalue weighted by Crippen LogP contribution is 2.13. The number of nitrogens with zero attached hydrogens (tertiary/aromatic N) is 1. The molecule has 1 heterocycles. The Balaban J connectivity index is 1.99. The van der Waals surface area contributed by atoms with E-state index in [9.17, 15) is 4.79 Å². The Bertz CT molecular complexity index is 607. The topological polar surface area (TPSA) is 63.8 Å². The van der Waals surface area contributed by atoms with Gasteiger partial charge in [-0.2, -0.15) is 5.10 Å². The molecule has 0 atom stereocenters. The standard InChI is InChI=1S/C13H11BrN2O3/c1-18-10-4-2-3-9(7-10)13(17)16-15-8-11-5-6-12(14)19-11/h2-8H,1H3,(H,16,17)/b15-8-. The van der Waals surface area contributed by atoms with Gasteiger partial charge in [-0.15, -0.1) is 0 Å². The van der Waals surface area contributed by atoms with Crippen molar-refractivity contribution in [1.29, 1.82) is 0 Å². The van der Waals surface area contributed by atoms with Crippen molar-refractivity contribution in [3.8, 4) is 5.75 Å². The maximum atomic E-state index is 11.8. The largest absolute Gasteiger partial charge is 0.497 e. The van der Waals surface area contributed by atoms with Gasteiger partial charge >= 0.3 is 0 Å². The van der Waals surface area contributed by atoms with Crippen molar-refractivity contribution < 1.29 is 13.9 Å². The highest BCUT2D eigenvalue weighted by molar-refractivity contribution is 9.10. The number of hydrogen-bond donors (Lipinski definition) is 1. The van der Waals surface area contributed by atoms with Crippen LogP contribution in [-0.4, -0.2) is 19.2 Å². The SMILES string of the molecule is COc1cccc(C(=O)N/N=C\c2ccc(Br)o2)c1. The van der Waals surface area contributed by atoms with Crippen LogP contribution in [0.25, 0.3) is 0 Å². The van der Waals surface area contributed by atoms with Gasteiger partial charge in [0, 0.05) is 5.56 Å². The van der Waals surface area contributed by atoms with Gasteiger partial charge in [0.25, 0.3) is 5.91 Å². The van der Waals surface area contributed by atoms with Crippen LogP contribution in [-0.2, 0) is 0 Å². The van der Waals surface area contributed by atoms with Crippen LogP contribution in [0.2, 0.25) is 0 Å². The average molecular weight is 323 g/mol. The molecule has 0 unspecified atom stereocenters. The highest BCUT2D eigenvalue weighted by Gasteiger charge is 2.05. The number of furan rings is 1. The second-order valence-electron chi connectivity index (χ2n) is 3.57. The van der Waals surface area contributed by atoms with Crippen LogP contribution in [0.5, 0.6) is 5.75 Å². The van der Waals surface area contributed by atoms with E-state index >= 15 is 0 Å². The maximum absolute atomic E-state index is 11.8. The van der Waals surface area contributed by atoms with Gasteiger partial charge in [0.15, 0.2) is 4.67 Å². The minimum absolute atomic E-state index is 0.319. The predicted octanol–water partition coefficient (Wildman–Crippen LogP) is 2.81. The number of amides is 1. The number of rotatable bonds is 4. The van der Waals surface area contributed by atoms with Crippen molar-refractivity contribution >= 4 is 28.1 Å². The lowest BCUT2D eigenvalue weighted by molar-refractivity contribution is 0.0955. The van der Waals surface area contributed by atoms with E-state index < -0.39 is 0 Å². The molecule has 0 fully saturated rings. The third kappa shape index (κ3) is 3.69. The molecule has 0 saturated heterocycles. The average Bonchev–Trinajstić information content (AvgIpc) is 2.84. The van der Waals surface area contributed by atoms with Crippen LogP contribution in [0.4, 0.5) is 0 Å². The van der Waals surface area contributed by atoms with Gasteiger partial charge < -0.3 is 9.15 Å². The van der Waals surface area contributed by atoms with E-state index in [1.807, 2.05) is 0 Å². The molecule has 2 rings (SSSR count). The minimum Gasteiger partial charge on any atom is -0.497 e. The van der Waals surface area contributed by atoms with E-state index in [0.29, 0.717) is 21.7 Å². The van der Waals surface area contributed by atoms with E-state index in [-0.39, 0.29) is 5.91 Å². The highest BCUT2D eigenvalue weighted by atomic mass is 79.9. The molecule has 0 radical (unpaired) electrons. The predicted molar refractivity (Wildman–Crippen MR) is 74.5 cm³/mol. The summed E-state index contributed by atoms with van der Waals surface area (Å²) in [7, 11) is 1.55. The summed E-state index contributed by atoms with van der Waals surface area (Å²) < 4.78 is 10.9. The first-order chi connectivity index (χ1) is 9.19. The Morgan fingerprint density at radius 1 is 1.42 bits per heavy atom. The fraction of sp³-hybridized carbons (Fsp3) is 0.0769. The van der Waals surface area contributed by atoms with E-state index in [1.165, 1.54) is 6.21 Å². The second kappa shape index (κ2) is 6.19. The van der Waals surface area contributed by atoms with Gasteiger partial charge in [-0.25, -0.2) is 5.43 Å². The normalized spacial score (nSPS) is 10.6. The molecule has 1 aromatic carbocycles. The number of ether oxygens (including phenoxy) is 1. The molecule has 1 amide bonds. The summed E-state index contributed by atoms with van der Waals surface area (Å²) in [6, 6.07) is 10.3. The van der Waals surface area contributed by atoms with E-state index in [1.54, 1.807) is 43.5 Å². The molecule has 98 valence electrons. The van der Waals surface area contributed by atoms with Crippen LogP contribution in [0.3, 0.4) is 0 Å². The molecule has 0 bridgehead atoms. The van der Waals surface area contributed by atoms with Crippen molar-refractivity contribution in [2.45, 2.75) is 0 Å². The summed E-state index contributed by atoms with van der Waals surface area (Å²) in [4.78, 5) is 11.8. The van der Waals surface area contributed by atoms with Gasteiger partial charge in [-0.05, 0) is 46.3 Å². The Morgan fingerprint density at radius 2 is 2.26 bits per heavy atom. The van der Waals surface area contributed by atoms with E-state index in [4.69, 9.17) is 9.15 Å². The van der Waals surface area contributed by atoms with Gasteiger partial charge in [0.05, 0.1) is 13.3 Å². The molecule has 0 aliphatic heterocycles. The Morgan fingerprint density at radius 3 is 2.95 bits per heavy atom. The lowest BCUT2D eigenvalue weighted by Crippen LogP contribution is -2.17. The van der Waals surface area contributed by atoms with Crippen molar-refractivity contribution in [1.82, 2.24) is 5.43 Å². The fourth-order valence-electron chi connectivity index (χ4n) is 1.38. The zero-order chi connectivity index (χ0) is 13.7. The lowest BCUT2D eigenvalue weighted by Gasteiger charge is -2.02. The number of hydrazone groups is 1. The van der Waals surface area contributed by atoms with Crippen LogP contribution >= 0.6 is 15.9 Å². The van der Waals surface area contributed by atoms with Gasteiger partial charge in [0.1, 0.15) is 11.5 Å². The first-order valence-electron chi connectivity index (χ1n) is 5.42. The monoisotopic (exact) mass is 322 g/mol. The maximum Gasteiger partial charge on any atom is 0.271 e. The van der Waals surface area contributed by atoms with Crippen LogP contribution in [0.15, 0.2) is 50.6 Å². The lowest BCUT2D eigenvalue weighted by atomic mass is 10.2. The number of nitrogens with one attached hydrogen (secondary N) is 1. The zero-order valence-corrected chi connectivity index (χ0v) is 11.7. The number of hydrogen-bond acceptors (Lipinski definition) is 4. The number of carbonyl (C=O) groups excluding carboxylic acids is 1. The Kier molecular flexibility index (Phi) is 4.35. The van der Waals surface area contributed by atoms with Crippen molar-refractivity contribution in [2.24, 2.45) is 5.10 Å². The first kappa shape index (κ1) is 13.4. The Hall–Kier alpha value is -2.08. The van der Waals surface area contributed by atoms with Crippen molar-refractivity contribution in [2.75, 3.05) is 7.11 Å². The smallest absolute Gasteiger partial charge is 0.271 e.